The lowest BCUT2D eigenvalue weighted by Crippen LogP contribution is -2.44. The first-order chi connectivity index (χ1) is 12.2. The zero-order chi connectivity index (χ0) is 19.7. The van der Waals surface area contributed by atoms with Crippen molar-refractivity contribution < 1.29 is 23.9 Å². The van der Waals surface area contributed by atoms with E-state index in [1.807, 2.05) is 26.8 Å². The summed E-state index contributed by atoms with van der Waals surface area (Å²) in [4.78, 5) is 46.7. The highest BCUT2D eigenvalue weighted by molar-refractivity contribution is 5.98. The van der Waals surface area contributed by atoms with Crippen LogP contribution in [0, 0.1) is 13.8 Å². The number of benzene rings is 1. The van der Waals surface area contributed by atoms with Gasteiger partial charge in [0.2, 0.25) is 0 Å². The molecule has 0 unspecified atom stereocenters. The molecule has 0 aromatic heterocycles. The summed E-state index contributed by atoms with van der Waals surface area (Å²) >= 11 is 0. The van der Waals surface area contributed by atoms with Crippen molar-refractivity contribution in [3.05, 3.63) is 34.9 Å². The number of carbonyl (C=O) groups is 4. The van der Waals surface area contributed by atoms with Crippen LogP contribution >= 0.6 is 0 Å². The Bertz CT molecular complexity index is 685. The van der Waals surface area contributed by atoms with E-state index in [-0.39, 0.29) is 24.7 Å². The number of rotatable bonds is 8. The summed E-state index contributed by atoms with van der Waals surface area (Å²) in [5, 5.41) is 4.63. The van der Waals surface area contributed by atoms with E-state index in [9.17, 15) is 19.2 Å². The Balaban J connectivity index is 2.33. The molecule has 0 fully saturated rings. The number of ketones is 1. The number of hydrogen-bond acceptors (Lipinski definition) is 5. The highest BCUT2D eigenvalue weighted by atomic mass is 16.5. The molecule has 0 aliphatic rings. The van der Waals surface area contributed by atoms with Crippen LogP contribution in [0.2, 0.25) is 0 Å². The van der Waals surface area contributed by atoms with E-state index < -0.39 is 24.5 Å². The van der Waals surface area contributed by atoms with Crippen LogP contribution in [0.5, 0.6) is 0 Å². The standard InChI is InChI=1S/C19H26N2O5/c1-5-14(4)20-19(25)21-17(23)11-26-18(24)9-8-16(22)15-7-6-12(2)13(3)10-15/h6-7,10,14H,5,8-9,11H2,1-4H3,(H2,20,21,23,25)/t14-/m1/s1. The molecule has 0 spiro atoms. The molecule has 7 heteroatoms. The fraction of sp³-hybridized carbons (Fsp3) is 0.474. The zero-order valence-electron chi connectivity index (χ0n) is 15.7. The van der Waals surface area contributed by atoms with Gasteiger partial charge in [-0.05, 0) is 44.4 Å². The first kappa shape index (κ1) is 21.3. The summed E-state index contributed by atoms with van der Waals surface area (Å²) in [5.41, 5.74) is 2.63. The summed E-state index contributed by atoms with van der Waals surface area (Å²) in [6, 6.07) is 4.66. The van der Waals surface area contributed by atoms with Crippen molar-refractivity contribution in [3.8, 4) is 0 Å². The number of urea groups is 1. The monoisotopic (exact) mass is 362 g/mol. The zero-order valence-corrected chi connectivity index (χ0v) is 15.7. The van der Waals surface area contributed by atoms with Gasteiger partial charge in [0.25, 0.3) is 5.91 Å². The van der Waals surface area contributed by atoms with Crippen LogP contribution in [0.15, 0.2) is 18.2 Å². The number of imide groups is 1. The lowest BCUT2D eigenvalue weighted by atomic mass is 10.0. The second kappa shape index (κ2) is 10.3. The highest BCUT2D eigenvalue weighted by Crippen LogP contribution is 2.12. The van der Waals surface area contributed by atoms with Crippen molar-refractivity contribution in [2.75, 3.05) is 6.61 Å². The van der Waals surface area contributed by atoms with Crippen molar-refractivity contribution in [1.29, 1.82) is 0 Å². The molecule has 7 nitrogen and oxygen atoms in total. The van der Waals surface area contributed by atoms with E-state index in [0.29, 0.717) is 5.56 Å². The third-order valence-electron chi connectivity index (χ3n) is 3.99. The van der Waals surface area contributed by atoms with Crippen molar-refractivity contribution in [2.45, 2.75) is 53.0 Å². The molecule has 1 aromatic carbocycles. The number of carbonyl (C=O) groups excluding carboxylic acids is 4. The normalized spacial score (nSPS) is 11.4. The summed E-state index contributed by atoms with van der Waals surface area (Å²) < 4.78 is 4.78. The van der Waals surface area contributed by atoms with E-state index in [2.05, 4.69) is 10.6 Å². The molecular formula is C19H26N2O5. The average Bonchev–Trinajstić information content (AvgIpc) is 2.59. The molecule has 3 amide bonds. The summed E-state index contributed by atoms with van der Waals surface area (Å²) in [7, 11) is 0. The Kier molecular flexibility index (Phi) is 8.48. The van der Waals surface area contributed by atoms with Gasteiger partial charge in [-0.2, -0.15) is 0 Å². The first-order valence-corrected chi connectivity index (χ1v) is 8.59. The predicted molar refractivity (Wildman–Crippen MR) is 96.9 cm³/mol. The minimum absolute atomic E-state index is 0.00253. The van der Waals surface area contributed by atoms with Crippen LogP contribution in [0.1, 0.15) is 54.6 Å². The Morgan fingerprint density at radius 2 is 1.77 bits per heavy atom. The van der Waals surface area contributed by atoms with E-state index in [4.69, 9.17) is 4.74 Å². The number of amides is 3. The second-order valence-corrected chi connectivity index (χ2v) is 6.21. The first-order valence-electron chi connectivity index (χ1n) is 8.59. The molecule has 0 saturated heterocycles. The van der Waals surface area contributed by atoms with Gasteiger partial charge in [-0.15, -0.1) is 0 Å². The van der Waals surface area contributed by atoms with E-state index in [1.165, 1.54) is 0 Å². The number of aryl methyl sites for hydroxylation is 2. The second-order valence-electron chi connectivity index (χ2n) is 6.21. The minimum Gasteiger partial charge on any atom is -0.456 e. The number of nitrogens with one attached hydrogen (secondary N) is 2. The largest absolute Gasteiger partial charge is 0.456 e. The van der Waals surface area contributed by atoms with Crippen molar-refractivity contribution in [2.24, 2.45) is 0 Å². The van der Waals surface area contributed by atoms with Gasteiger partial charge in [0.15, 0.2) is 12.4 Å². The fourth-order valence-corrected chi connectivity index (χ4v) is 2.02. The van der Waals surface area contributed by atoms with Crippen molar-refractivity contribution in [1.82, 2.24) is 10.6 Å². The molecule has 0 heterocycles. The Morgan fingerprint density at radius 3 is 2.38 bits per heavy atom. The molecule has 0 bridgehead atoms. The van der Waals surface area contributed by atoms with Gasteiger partial charge in [0.05, 0.1) is 6.42 Å². The molecule has 142 valence electrons. The maximum absolute atomic E-state index is 12.1. The Labute approximate surface area is 153 Å². The topological polar surface area (TPSA) is 102 Å². The lowest BCUT2D eigenvalue weighted by Gasteiger charge is -2.11. The Morgan fingerprint density at radius 1 is 1.08 bits per heavy atom. The maximum Gasteiger partial charge on any atom is 0.321 e. The Hall–Kier alpha value is -2.70. The SMILES string of the molecule is CC[C@@H](C)NC(=O)NC(=O)COC(=O)CCC(=O)c1ccc(C)c(C)c1. The summed E-state index contributed by atoms with van der Waals surface area (Å²) in [5.74, 6) is -1.55. The molecule has 1 atom stereocenters. The highest BCUT2D eigenvalue weighted by Gasteiger charge is 2.14. The number of ether oxygens (including phenoxy) is 1. The molecule has 0 saturated carbocycles. The van der Waals surface area contributed by atoms with Crippen LogP contribution in [0.25, 0.3) is 0 Å². The summed E-state index contributed by atoms with van der Waals surface area (Å²) in [6.07, 6.45) is 0.598. The van der Waals surface area contributed by atoms with Crippen LogP contribution in [0.4, 0.5) is 4.79 Å². The average molecular weight is 362 g/mol. The van der Waals surface area contributed by atoms with Crippen LogP contribution in [-0.2, 0) is 14.3 Å². The van der Waals surface area contributed by atoms with Crippen molar-refractivity contribution in [3.63, 3.8) is 0 Å². The van der Waals surface area contributed by atoms with E-state index in [0.717, 1.165) is 17.5 Å². The van der Waals surface area contributed by atoms with Crippen LogP contribution in [0.3, 0.4) is 0 Å². The van der Waals surface area contributed by atoms with Gasteiger partial charge < -0.3 is 10.1 Å². The molecule has 1 aromatic rings. The van der Waals surface area contributed by atoms with E-state index in [1.54, 1.807) is 19.1 Å². The smallest absolute Gasteiger partial charge is 0.321 e. The predicted octanol–water partition coefficient (Wildman–Crippen LogP) is 2.43. The van der Waals surface area contributed by atoms with Gasteiger partial charge >= 0.3 is 12.0 Å². The van der Waals surface area contributed by atoms with Gasteiger partial charge in [-0.25, -0.2) is 4.79 Å². The number of Topliss-reactive ketones (excluding diaryl/α,β-unsaturated/α-hetero) is 1. The number of esters is 1. The van der Waals surface area contributed by atoms with Gasteiger partial charge in [0, 0.05) is 18.0 Å². The fourth-order valence-electron chi connectivity index (χ4n) is 2.02. The maximum atomic E-state index is 12.1. The number of hydrogen-bond donors (Lipinski definition) is 2. The van der Waals surface area contributed by atoms with Crippen LogP contribution < -0.4 is 10.6 Å². The molecule has 0 aliphatic carbocycles. The minimum atomic E-state index is -0.723. The molecule has 1 rings (SSSR count). The van der Waals surface area contributed by atoms with Crippen LogP contribution in [-0.4, -0.2) is 36.3 Å². The molecule has 0 radical (unpaired) electrons. The molecule has 0 aliphatic heterocycles. The molecule has 2 N–H and O–H groups in total. The quantitative estimate of drug-likeness (QED) is 0.546. The lowest BCUT2D eigenvalue weighted by molar-refractivity contribution is -0.148. The van der Waals surface area contributed by atoms with Crippen molar-refractivity contribution >= 4 is 23.7 Å². The molecule has 26 heavy (non-hydrogen) atoms. The summed E-state index contributed by atoms with van der Waals surface area (Å²) in [6.45, 7) is 7.00. The third-order valence-corrected chi connectivity index (χ3v) is 3.99. The van der Waals surface area contributed by atoms with E-state index >= 15 is 0 Å². The molecular weight excluding hydrogens is 336 g/mol. The van der Waals surface area contributed by atoms with Gasteiger partial charge in [-0.3, -0.25) is 19.7 Å². The third kappa shape index (κ3) is 7.46. The van der Waals surface area contributed by atoms with Gasteiger partial charge in [-0.1, -0.05) is 19.1 Å². The van der Waals surface area contributed by atoms with Gasteiger partial charge in [0.1, 0.15) is 0 Å².